The van der Waals surface area contributed by atoms with Crippen LogP contribution in [0.1, 0.15) is 19.3 Å². The second-order valence-corrected chi connectivity index (χ2v) is 3.39. The second kappa shape index (κ2) is 6.51. The maximum atomic E-state index is 11.3. The summed E-state index contributed by atoms with van der Waals surface area (Å²) in [6, 6.07) is 0. The maximum absolute atomic E-state index is 11.3. The summed E-state index contributed by atoms with van der Waals surface area (Å²) in [5.41, 5.74) is -0.351. The number of ether oxygens (including phenoxy) is 1. The van der Waals surface area contributed by atoms with Gasteiger partial charge < -0.3 is 20.1 Å². The Bertz CT molecular complexity index is 430. The number of anilines is 1. The standard InChI is InChI=1S/C10H15N3O4/c1-17-8-9(12-6-13-10(8)16)11-5-3-2-4-7(14)15/h6H,2-5H2,1H3,(H,14,15)(H2,11,12,13,16). The lowest BCUT2D eigenvalue weighted by Crippen LogP contribution is -2.14. The van der Waals surface area contributed by atoms with Crippen LogP contribution in [0.15, 0.2) is 11.1 Å². The summed E-state index contributed by atoms with van der Waals surface area (Å²) < 4.78 is 4.91. The number of aromatic nitrogens is 2. The van der Waals surface area contributed by atoms with E-state index in [1.54, 1.807) is 0 Å². The second-order valence-electron chi connectivity index (χ2n) is 3.39. The molecule has 7 heteroatoms. The van der Waals surface area contributed by atoms with Crippen LogP contribution in [-0.2, 0) is 4.79 Å². The number of methoxy groups -OCH3 is 1. The Morgan fingerprint density at radius 2 is 2.35 bits per heavy atom. The molecule has 94 valence electrons. The molecule has 3 N–H and O–H groups in total. The highest BCUT2D eigenvalue weighted by molar-refractivity contribution is 5.66. The van der Waals surface area contributed by atoms with Gasteiger partial charge in [0.25, 0.3) is 5.56 Å². The number of unbranched alkanes of at least 4 members (excludes halogenated alkanes) is 1. The minimum Gasteiger partial charge on any atom is -0.489 e. The molecule has 0 unspecified atom stereocenters. The van der Waals surface area contributed by atoms with Crippen LogP contribution < -0.4 is 15.6 Å². The fraction of sp³-hybridized carbons (Fsp3) is 0.500. The highest BCUT2D eigenvalue weighted by Crippen LogP contribution is 2.14. The first kappa shape index (κ1) is 13.0. The quantitative estimate of drug-likeness (QED) is 0.598. The van der Waals surface area contributed by atoms with Crippen LogP contribution in [0.5, 0.6) is 5.75 Å². The molecular weight excluding hydrogens is 226 g/mol. The fourth-order valence-electron chi connectivity index (χ4n) is 1.31. The predicted molar refractivity (Wildman–Crippen MR) is 61.4 cm³/mol. The molecule has 7 nitrogen and oxygen atoms in total. The van der Waals surface area contributed by atoms with Gasteiger partial charge in [-0.2, -0.15) is 0 Å². The molecule has 0 atom stereocenters. The molecule has 1 aromatic rings. The molecule has 0 aromatic carbocycles. The zero-order chi connectivity index (χ0) is 12.7. The third kappa shape index (κ3) is 4.13. The summed E-state index contributed by atoms with van der Waals surface area (Å²) in [5.74, 6) is -0.311. The van der Waals surface area contributed by atoms with E-state index in [1.807, 2.05) is 0 Å². The van der Waals surface area contributed by atoms with Gasteiger partial charge in [-0.25, -0.2) is 4.98 Å². The largest absolute Gasteiger partial charge is 0.489 e. The van der Waals surface area contributed by atoms with Crippen LogP contribution in [0, 0.1) is 0 Å². The number of aliphatic carboxylic acids is 1. The number of aromatic amines is 1. The number of rotatable bonds is 7. The molecule has 1 aromatic heterocycles. The van der Waals surface area contributed by atoms with E-state index < -0.39 is 5.97 Å². The van der Waals surface area contributed by atoms with Crippen molar-refractivity contribution >= 4 is 11.8 Å². The van der Waals surface area contributed by atoms with Crippen molar-refractivity contribution in [2.75, 3.05) is 19.0 Å². The minimum absolute atomic E-state index is 0.130. The monoisotopic (exact) mass is 241 g/mol. The highest BCUT2D eigenvalue weighted by Gasteiger charge is 2.07. The first-order chi connectivity index (χ1) is 8.15. The summed E-state index contributed by atoms with van der Waals surface area (Å²) >= 11 is 0. The van der Waals surface area contributed by atoms with Crippen molar-refractivity contribution in [3.63, 3.8) is 0 Å². The van der Waals surface area contributed by atoms with E-state index in [0.29, 0.717) is 25.2 Å². The Labute approximate surface area is 97.8 Å². The molecule has 1 rings (SSSR count). The molecule has 0 aliphatic heterocycles. The molecule has 0 spiro atoms. The summed E-state index contributed by atoms with van der Waals surface area (Å²) in [6.07, 6.45) is 2.68. The molecule has 1 heterocycles. The van der Waals surface area contributed by atoms with Crippen LogP contribution >= 0.6 is 0 Å². The number of hydrogen-bond acceptors (Lipinski definition) is 5. The third-order valence-electron chi connectivity index (χ3n) is 2.12. The van der Waals surface area contributed by atoms with E-state index in [4.69, 9.17) is 9.84 Å². The maximum Gasteiger partial charge on any atom is 0.303 e. The van der Waals surface area contributed by atoms with Crippen LogP contribution in [-0.4, -0.2) is 34.7 Å². The van der Waals surface area contributed by atoms with E-state index in [1.165, 1.54) is 13.4 Å². The lowest BCUT2D eigenvalue weighted by molar-refractivity contribution is -0.137. The van der Waals surface area contributed by atoms with Gasteiger partial charge in [-0.05, 0) is 12.8 Å². The number of nitrogens with zero attached hydrogens (tertiary/aromatic N) is 1. The van der Waals surface area contributed by atoms with Crippen molar-refractivity contribution in [1.29, 1.82) is 0 Å². The zero-order valence-corrected chi connectivity index (χ0v) is 9.52. The fourth-order valence-corrected chi connectivity index (χ4v) is 1.31. The van der Waals surface area contributed by atoms with Crippen molar-refractivity contribution in [2.45, 2.75) is 19.3 Å². The van der Waals surface area contributed by atoms with Gasteiger partial charge >= 0.3 is 5.97 Å². The van der Waals surface area contributed by atoms with Crippen molar-refractivity contribution in [2.24, 2.45) is 0 Å². The van der Waals surface area contributed by atoms with Gasteiger partial charge in [0, 0.05) is 13.0 Å². The van der Waals surface area contributed by atoms with Crippen molar-refractivity contribution < 1.29 is 14.6 Å². The molecular formula is C10H15N3O4. The lowest BCUT2D eigenvalue weighted by Gasteiger charge is -2.07. The summed E-state index contributed by atoms with van der Waals surface area (Å²) in [7, 11) is 1.39. The number of carboxylic acids is 1. The molecule has 0 saturated carbocycles. The average Bonchev–Trinajstić information content (AvgIpc) is 2.28. The normalized spacial score (nSPS) is 9.94. The molecule has 0 aliphatic rings. The topological polar surface area (TPSA) is 104 Å². The van der Waals surface area contributed by atoms with Gasteiger partial charge in [0.05, 0.1) is 13.4 Å². The van der Waals surface area contributed by atoms with Gasteiger partial charge in [0.2, 0.25) is 5.75 Å². The first-order valence-electron chi connectivity index (χ1n) is 5.22. The molecule has 0 bridgehead atoms. The van der Waals surface area contributed by atoms with Crippen LogP contribution in [0.2, 0.25) is 0 Å². The van der Waals surface area contributed by atoms with E-state index in [9.17, 15) is 9.59 Å². The average molecular weight is 241 g/mol. The highest BCUT2D eigenvalue weighted by atomic mass is 16.5. The van der Waals surface area contributed by atoms with Gasteiger partial charge in [-0.15, -0.1) is 0 Å². The van der Waals surface area contributed by atoms with Gasteiger partial charge in [0.15, 0.2) is 5.82 Å². The van der Waals surface area contributed by atoms with Gasteiger partial charge in [0.1, 0.15) is 0 Å². The van der Waals surface area contributed by atoms with Crippen molar-refractivity contribution in [3.05, 3.63) is 16.7 Å². The molecule has 0 radical (unpaired) electrons. The Kier molecular flexibility index (Phi) is 4.99. The van der Waals surface area contributed by atoms with Crippen LogP contribution in [0.25, 0.3) is 0 Å². The molecule has 17 heavy (non-hydrogen) atoms. The number of carbonyl (C=O) groups is 1. The number of nitrogens with one attached hydrogen (secondary N) is 2. The Balaban J connectivity index is 2.44. The third-order valence-corrected chi connectivity index (χ3v) is 2.12. The van der Waals surface area contributed by atoms with E-state index in [0.717, 1.165) is 0 Å². The van der Waals surface area contributed by atoms with Gasteiger partial charge in [-0.3, -0.25) is 9.59 Å². The Morgan fingerprint density at radius 1 is 1.59 bits per heavy atom. The van der Waals surface area contributed by atoms with Crippen LogP contribution in [0.4, 0.5) is 5.82 Å². The van der Waals surface area contributed by atoms with E-state index in [2.05, 4.69) is 15.3 Å². The summed E-state index contributed by atoms with van der Waals surface area (Å²) in [6.45, 7) is 0.542. The minimum atomic E-state index is -0.808. The number of hydrogen-bond donors (Lipinski definition) is 3. The van der Waals surface area contributed by atoms with E-state index >= 15 is 0 Å². The van der Waals surface area contributed by atoms with Crippen LogP contribution in [0.3, 0.4) is 0 Å². The van der Waals surface area contributed by atoms with Gasteiger partial charge in [-0.1, -0.05) is 0 Å². The number of carboxylic acid groups (broad SMARTS) is 1. The lowest BCUT2D eigenvalue weighted by atomic mass is 10.2. The smallest absolute Gasteiger partial charge is 0.303 e. The zero-order valence-electron chi connectivity index (χ0n) is 9.52. The molecule has 0 fully saturated rings. The van der Waals surface area contributed by atoms with E-state index in [-0.39, 0.29) is 17.7 Å². The molecule has 0 amide bonds. The molecule has 0 aliphatic carbocycles. The van der Waals surface area contributed by atoms with Crippen molar-refractivity contribution in [1.82, 2.24) is 9.97 Å². The van der Waals surface area contributed by atoms with Crippen molar-refractivity contribution in [3.8, 4) is 5.75 Å². The summed E-state index contributed by atoms with van der Waals surface area (Å²) in [5, 5.41) is 11.4. The Hall–Kier alpha value is -2.05. The SMILES string of the molecule is COc1c(NCCCCC(=O)O)nc[nH]c1=O. The number of H-pyrrole nitrogens is 1. The Morgan fingerprint density at radius 3 is 3.00 bits per heavy atom. The first-order valence-corrected chi connectivity index (χ1v) is 5.22. The molecule has 0 saturated heterocycles. The predicted octanol–water partition coefficient (Wildman–Crippen LogP) is 0.445. The summed E-state index contributed by atoms with van der Waals surface area (Å²) in [4.78, 5) is 27.9.